The van der Waals surface area contributed by atoms with E-state index in [4.69, 9.17) is 0 Å². The molecule has 2 fully saturated rings. The molecule has 1 heteroatoms. The van der Waals surface area contributed by atoms with E-state index in [0.717, 1.165) is 17.8 Å². The van der Waals surface area contributed by atoms with Crippen molar-refractivity contribution in [2.75, 3.05) is 20.1 Å². The smallest absolute Gasteiger partial charge is 0.000937 e. The van der Waals surface area contributed by atoms with Crippen molar-refractivity contribution in [2.24, 2.45) is 17.8 Å². The van der Waals surface area contributed by atoms with Crippen molar-refractivity contribution in [3.8, 4) is 0 Å². The van der Waals surface area contributed by atoms with Gasteiger partial charge in [-0.05, 0) is 50.6 Å². The van der Waals surface area contributed by atoms with E-state index in [0.29, 0.717) is 0 Å². The van der Waals surface area contributed by atoms with Crippen molar-refractivity contribution in [3.05, 3.63) is 0 Å². The second-order valence-corrected chi connectivity index (χ2v) is 5.20. The van der Waals surface area contributed by atoms with E-state index in [9.17, 15) is 0 Å². The van der Waals surface area contributed by atoms with E-state index in [-0.39, 0.29) is 0 Å². The van der Waals surface area contributed by atoms with Gasteiger partial charge in [0.15, 0.2) is 0 Å². The molecule has 1 saturated carbocycles. The molecule has 0 amide bonds. The van der Waals surface area contributed by atoms with Gasteiger partial charge in [-0.1, -0.05) is 19.8 Å². The Kier molecular flexibility index (Phi) is 2.92. The van der Waals surface area contributed by atoms with Crippen molar-refractivity contribution < 1.29 is 0 Å². The predicted molar refractivity (Wildman–Crippen MR) is 56.7 cm³/mol. The Morgan fingerprint density at radius 2 is 2.00 bits per heavy atom. The van der Waals surface area contributed by atoms with Gasteiger partial charge in [-0.2, -0.15) is 0 Å². The van der Waals surface area contributed by atoms with E-state index < -0.39 is 0 Å². The SMILES string of the molecule is CCCC1C[C@H]2CCN(C)C[C@H]2C1. The summed E-state index contributed by atoms with van der Waals surface area (Å²) in [5.74, 6) is 3.22. The van der Waals surface area contributed by atoms with Gasteiger partial charge < -0.3 is 4.90 Å². The molecule has 1 aliphatic carbocycles. The quantitative estimate of drug-likeness (QED) is 0.633. The molecule has 0 bridgehead atoms. The summed E-state index contributed by atoms with van der Waals surface area (Å²) in [7, 11) is 2.28. The number of fused-ring (bicyclic) bond motifs is 1. The van der Waals surface area contributed by atoms with Gasteiger partial charge in [0.05, 0.1) is 0 Å². The van der Waals surface area contributed by atoms with Crippen LogP contribution >= 0.6 is 0 Å². The lowest BCUT2D eigenvalue weighted by Crippen LogP contribution is -2.35. The number of likely N-dealkylation sites (tertiary alicyclic amines) is 1. The number of rotatable bonds is 2. The Labute approximate surface area is 82.5 Å². The third-order valence-electron chi connectivity index (χ3n) is 4.06. The Morgan fingerprint density at radius 1 is 1.23 bits per heavy atom. The minimum absolute atomic E-state index is 1.05. The molecule has 76 valence electrons. The average Bonchev–Trinajstić information content (AvgIpc) is 2.46. The summed E-state index contributed by atoms with van der Waals surface area (Å²) in [6, 6.07) is 0. The van der Waals surface area contributed by atoms with Crippen LogP contribution in [0.15, 0.2) is 0 Å². The number of nitrogens with zero attached hydrogens (tertiary/aromatic N) is 1. The van der Waals surface area contributed by atoms with Gasteiger partial charge >= 0.3 is 0 Å². The maximum atomic E-state index is 2.52. The molecule has 13 heavy (non-hydrogen) atoms. The molecule has 1 aliphatic heterocycles. The first-order valence-corrected chi connectivity index (χ1v) is 5.98. The van der Waals surface area contributed by atoms with Crippen LogP contribution in [-0.4, -0.2) is 25.0 Å². The maximum absolute atomic E-state index is 2.52. The fourth-order valence-electron chi connectivity index (χ4n) is 3.44. The van der Waals surface area contributed by atoms with Crippen LogP contribution < -0.4 is 0 Å². The molecule has 0 aromatic heterocycles. The Bertz CT molecular complexity index is 167. The van der Waals surface area contributed by atoms with Crippen molar-refractivity contribution in [3.63, 3.8) is 0 Å². The van der Waals surface area contributed by atoms with Gasteiger partial charge in [-0.25, -0.2) is 0 Å². The first-order chi connectivity index (χ1) is 6.29. The molecule has 1 unspecified atom stereocenters. The second-order valence-electron chi connectivity index (χ2n) is 5.20. The Balaban J connectivity index is 1.87. The van der Waals surface area contributed by atoms with E-state index in [2.05, 4.69) is 18.9 Å². The molecule has 0 radical (unpaired) electrons. The lowest BCUT2D eigenvalue weighted by Gasteiger charge is -2.32. The summed E-state index contributed by atoms with van der Waals surface area (Å²) in [5.41, 5.74) is 0. The molecular weight excluding hydrogens is 158 g/mol. The van der Waals surface area contributed by atoms with Crippen molar-refractivity contribution in [2.45, 2.75) is 39.0 Å². The van der Waals surface area contributed by atoms with E-state index in [1.165, 1.54) is 38.8 Å². The van der Waals surface area contributed by atoms with Gasteiger partial charge in [0.25, 0.3) is 0 Å². The fourth-order valence-corrected chi connectivity index (χ4v) is 3.44. The van der Waals surface area contributed by atoms with E-state index in [1.807, 2.05) is 0 Å². The summed E-state index contributed by atoms with van der Waals surface area (Å²) in [6.07, 6.45) is 7.42. The fraction of sp³-hybridized carbons (Fsp3) is 1.00. The van der Waals surface area contributed by atoms with Crippen LogP contribution in [0.2, 0.25) is 0 Å². The molecular formula is C12H23N. The van der Waals surface area contributed by atoms with E-state index >= 15 is 0 Å². The second kappa shape index (κ2) is 4.00. The highest BCUT2D eigenvalue weighted by atomic mass is 15.1. The maximum Gasteiger partial charge on any atom is 0.000937 e. The Morgan fingerprint density at radius 3 is 2.77 bits per heavy atom. The largest absolute Gasteiger partial charge is 0.306 e. The van der Waals surface area contributed by atoms with Crippen LogP contribution in [0.1, 0.15) is 39.0 Å². The predicted octanol–water partition coefficient (Wildman–Crippen LogP) is 2.76. The molecule has 1 heterocycles. The molecule has 0 aromatic carbocycles. The molecule has 0 N–H and O–H groups in total. The van der Waals surface area contributed by atoms with Crippen LogP contribution in [0.25, 0.3) is 0 Å². The van der Waals surface area contributed by atoms with Crippen LogP contribution in [0, 0.1) is 17.8 Å². The minimum atomic E-state index is 1.05. The molecule has 0 aromatic rings. The van der Waals surface area contributed by atoms with Gasteiger partial charge in [0.2, 0.25) is 0 Å². The van der Waals surface area contributed by atoms with Gasteiger partial charge in [0, 0.05) is 6.54 Å². The third-order valence-corrected chi connectivity index (χ3v) is 4.06. The zero-order valence-corrected chi connectivity index (χ0v) is 9.13. The summed E-state index contributed by atoms with van der Waals surface area (Å²) in [4.78, 5) is 2.52. The zero-order valence-electron chi connectivity index (χ0n) is 9.13. The Hall–Kier alpha value is -0.0400. The molecule has 1 nitrogen and oxygen atoms in total. The van der Waals surface area contributed by atoms with Crippen molar-refractivity contribution >= 4 is 0 Å². The highest BCUT2D eigenvalue weighted by Gasteiger charge is 2.36. The van der Waals surface area contributed by atoms with Crippen LogP contribution in [0.4, 0.5) is 0 Å². The topological polar surface area (TPSA) is 3.24 Å². The number of hydrogen-bond acceptors (Lipinski definition) is 1. The van der Waals surface area contributed by atoms with Crippen LogP contribution in [0.3, 0.4) is 0 Å². The standard InChI is InChI=1S/C12H23N/c1-3-4-10-7-11-5-6-13(2)9-12(11)8-10/h10-12H,3-9H2,1-2H3/t10?,11-,12-/m1/s1. The van der Waals surface area contributed by atoms with Crippen molar-refractivity contribution in [1.82, 2.24) is 4.90 Å². The van der Waals surface area contributed by atoms with Crippen molar-refractivity contribution in [1.29, 1.82) is 0 Å². The zero-order chi connectivity index (χ0) is 9.26. The first-order valence-electron chi connectivity index (χ1n) is 5.98. The van der Waals surface area contributed by atoms with Crippen LogP contribution in [-0.2, 0) is 0 Å². The van der Waals surface area contributed by atoms with Gasteiger partial charge in [-0.15, -0.1) is 0 Å². The minimum Gasteiger partial charge on any atom is -0.306 e. The summed E-state index contributed by atoms with van der Waals surface area (Å²) in [5, 5.41) is 0. The monoisotopic (exact) mass is 181 g/mol. The lowest BCUT2D eigenvalue weighted by molar-refractivity contribution is 0.166. The highest BCUT2D eigenvalue weighted by Crippen LogP contribution is 2.42. The van der Waals surface area contributed by atoms with Gasteiger partial charge in [-0.3, -0.25) is 0 Å². The number of piperidine rings is 1. The van der Waals surface area contributed by atoms with Crippen LogP contribution in [0.5, 0.6) is 0 Å². The molecule has 0 spiro atoms. The number of hydrogen-bond donors (Lipinski definition) is 0. The highest BCUT2D eigenvalue weighted by molar-refractivity contribution is 4.88. The summed E-state index contributed by atoms with van der Waals surface area (Å²) in [6.45, 7) is 5.05. The lowest BCUT2D eigenvalue weighted by atomic mass is 9.89. The van der Waals surface area contributed by atoms with Gasteiger partial charge in [0.1, 0.15) is 0 Å². The van der Waals surface area contributed by atoms with E-state index in [1.54, 1.807) is 6.42 Å². The third kappa shape index (κ3) is 2.07. The first kappa shape index (κ1) is 9.51. The summed E-state index contributed by atoms with van der Waals surface area (Å²) >= 11 is 0. The molecule has 2 rings (SSSR count). The molecule has 2 aliphatic rings. The molecule has 3 atom stereocenters. The summed E-state index contributed by atoms with van der Waals surface area (Å²) < 4.78 is 0. The average molecular weight is 181 g/mol. The molecule has 1 saturated heterocycles. The normalized spacial score (nSPS) is 40.6.